The van der Waals surface area contributed by atoms with Crippen molar-refractivity contribution < 1.29 is 36.3 Å². The lowest BCUT2D eigenvalue weighted by molar-refractivity contribution is -0.118. The molecule has 1 heterocycles. The fourth-order valence-corrected chi connectivity index (χ4v) is 4.34. The monoisotopic (exact) mass is 485 g/mol. The number of aromatic carboxylic acids is 1. The van der Waals surface area contributed by atoms with Gasteiger partial charge in [-0.15, -0.1) is 0 Å². The van der Waals surface area contributed by atoms with Gasteiger partial charge >= 0.3 is 21.5 Å². The van der Waals surface area contributed by atoms with E-state index in [1.807, 2.05) is 0 Å². The smallest absolute Gasteiger partial charge is 0.478 e. The van der Waals surface area contributed by atoms with Crippen LogP contribution in [-0.4, -0.2) is 35.9 Å². The third-order valence-electron chi connectivity index (χ3n) is 5.49. The molecule has 3 N–H and O–H groups in total. The summed E-state index contributed by atoms with van der Waals surface area (Å²) in [7, 11) is -5.55. The van der Waals surface area contributed by atoms with Gasteiger partial charge < -0.3 is 10.4 Å². The van der Waals surface area contributed by atoms with Crippen LogP contribution in [0.25, 0.3) is 0 Å². The van der Waals surface area contributed by atoms with Crippen LogP contribution >= 0.6 is 0 Å². The first kappa shape index (κ1) is 24.5. The fraction of sp³-hybridized carbons (Fsp3) is 0.381. The van der Waals surface area contributed by atoms with Gasteiger partial charge in [-0.25, -0.2) is 9.78 Å². The number of carbonyl (C=O) groups excluding carboxylic acids is 1. The number of halogens is 3. The van der Waals surface area contributed by atoms with Crippen LogP contribution in [-0.2, 0) is 14.8 Å². The van der Waals surface area contributed by atoms with Crippen molar-refractivity contribution in [3.05, 3.63) is 53.7 Å². The summed E-state index contributed by atoms with van der Waals surface area (Å²) >= 11 is 0. The molecule has 1 unspecified atom stereocenters. The predicted molar refractivity (Wildman–Crippen MR) is 114 cm³/mol. The molecule has 1 fully saturated rings. The molecular weight excluding hydrogens is 463 g/mol. The molecular formula is C21H22F3N3O5S. The number of carboxylic acids is 1. The molecule has 1 aromatic heterocycles. The van der Waals surface area contributed by atoms with Crippen LogP contribution in [0.3, 0.4) is 0 Å². The number of hydrogen-bond acceptors (Lipinski definition) is 5. The van der Waals surface area contributed by atoms with E-state index in [-0.39, 0.29) is 17.1 Å². The van der Waals surface area contributed by atoms with Gasteiger partial charge in [0.15, 0.2) is 0 Å². The summed E-state index contributed by atoms with van der Waals surface area (Å²) in [6.07, 6.45) is 5.64. The number of nitrogens with zero attached hydrogens (tertiary/aromatic N) is 1. The molecule has 8 nitrogen and oxygen atoms in total. The van der Waals surface area contributed by atoms with Crippen molar-refractivity contribution in [2.75, 3.05) is 10.0 Å². The second kappa shape index (κ2) is 9.77. The van der Waals surface area contributed by atoms with Crippen LogP contribution in [0.5, 0.6) is 0 Å². The predicted octanol–water partition coefficient (Wildman–Crippen LogP) is 4.34. The molecule has 1 amide bonds. The van der Waals surface area contributed by atoms with Crippen molar-refractivity contribution in [3.8, 4) is 0 Å². The molecule has 2 aromatic rings. The van der Waals surface area contributed by atoms with Gasteiger partial charge in [-0.3, -0.25) is 9.52 Å². The Morgan fingerprint density at radius 3 is 2.24 bits per heavy atom. The topological polar surface area (TPSA) is 125 Å². The zero-order valence-electron chi connectivity index (χ0n) is 17.3. The van der Waals surface area contributed by atoms with E-state index in [2.05, 4.69) is 10.3 Å². The summed E-state index contributed by atoms with van der Waals surface area (Å²) in [5.74, 6) is -1.74. The van der Waals surface area contributed by atoms with Crippen molar-refractivity contribution in [2.45, 2.75) is 43.5 Å². The number of carbonyl (C=O) groups is 2. The van der Waals surface area contributed by atoms with E-state index in [1.165, 1.54) is 41.1 Å². The number of aromatic nitrogens is 1. The molecule has 0 spiro atoms. The fourth-order valence-electron chi connectivity index (χ4n) is 3.78. The van der Waals surface area contributed by atoms with Gasteiger partial charge in [0.1, 0.15) is 5.82 Å². The highest BCUT2D eigenvalue weighted by atomic mass is 32.2. The minimum absolute atomic E-state index is 0.0348. The summed E-state index contributed by atoms with van der Waals surface area (Å²) < 4.78 is 61.9. The molecule has 1 aliphatic rings. The normalized spacial score (nSPS) is 15.7. The highest BCUT2D eigenvalue weighted by Gasteiger charge is 2.46. The number of pyridine rings is 1. The number of alkyl halides is 3. The number of sulfonamides is 1. The van der Waals surface area contributed by atoms with Crippen LogP contribution in [0, 0.1) is 5.92 Å². The van der Waals surface area contributed by atoms with Gasteiger partial charge in [0, 0.05) is 11.9 Å². The number of nitrogens with one attached hydrogen (secondary N) is 2. The van der Waals surface area contributed by atoms with Crippen molar-refractivity contribution in [1.29, 1.82) is 0 Å². The second-order valence-electron chi connectivity index (χ2n) is 7.84. The Labute approximate surface area is 188 Å². The quantitative estimate of drug-likeness (QED) is 0.511. The molecule has 1 aromatic carbocycles. The van der Waals surface area contributed by atoms with E-state index in [9.17, 15) is 31.2 Å². The van der Waals surface area contributed by atoms with Crippen molar-refractivity contribution in [1.82, 2.24) is 4.98 Å². The van der Waals surface area contributed by atoms with Crippen LogP contribution in [0.15, 0.2) is 42.6 Å². The molecule has 12 heteroatoms. The molecule has 3 rings (SSSR count). The van der Waals surface area contributed by atoms with Gasteiger partial charge in [-0.05, 0) is 42.2 Å². The SMILES string of the molecule is O=C(O)c1ccc(NC(=O)C(CC2CCCC2)c2ccc(NS(=O)(=O)C(F)(F)F)cc2)nc1. The lowest BCUT2D eigenvalue weighted by Gasteiger charge is -2.21. The largest absolute Gasteiger partial charge is 0.516 e. The third kappa shape index (κ3) is 6.21. The number of benzene rings is 1. The summed E-state index contributed by atoms with van der Waals surface area (Å²) in [6.45, 7) is 0. The van der Waals surface area contributed by atoms with Crippen LogP contribution in [0.4, 0.5) is 24.7 Å². The van der Waals surface area contributed by atoms with Crippen LogP contribution in [0.2, 0.25) is 0 Å². The van der Waals surface area contributed by atoms with E-state index in [0.717, 1.165) is 31.9 Å². The van der Waals surface area contributed by atoms with Crippen LogP contribution < -0.4 is 10.0 Å². The molecule has 0 radical (unpaired) electrons. The highest BCUT2D eigenvalue weighted by molar-refractivity contribution is 7.93. The Morgan fingerprint density at radius 2 is 1.73 bits per heavy atom. The molecule has 0 bridgehead atoms. The van der Waals surface area contributed by atoms with Gasteiger partial charge in [0.25, 0.3) is 0 Å². The maximum absolute atomic E-state index is 13.0. The number of carboxylic acid groups (broad SMARTS) is 1. The Kier molecular flexibility index (Phi) is 7.25. The van der Waals surface area contributed by atoms with Crippen LogP contribution in [0.1, 0.15) is 53.9 Å². The van der Waals surface area contributed by atoms with Crippen molar-refractivity contribution in [2.24, 2.45) is 5.92 Å². The Balaban J connectivity index is 1.79. The molecule has 1 atom stereocenters. The third-order valence-corrected chi connectivity index (χ3v) is 6.61. The van der Waals surface area contributed by atoms with E-state index in [4.69, 9.17) is 5.11 Å². The zero-order valence-corrected chi connectivity index (χ0v) is 18.1. The first-order chi connectivity index (χ1) is 15.5. The van der Waals surface area contributed by atoms with Gasteiger partial charge in [-0.2, -0.15) is 21.6 Å². The first-order valence-electron chi connectivity index (χ1n) is 10.2. The van der Waals surface area contributed by atoms with Crippen molar-refractivity contribution >= 4 is 33.4 Å². The highest BCUT2D eigenvalue weighted by Crippen LogP contribution is 2.35. The second-order valence-corrected chi connectivity index (χ2v) is 9.51. The standard InChI is InChI=1S/C21H22F3N3O5S/c22-21(23,24)33(31,32)27-16-8-5-14(6-9-16)17(11-13-3-1-2-4-13)19(28)26-18-10-7-15(12-25-18)20(29)30/h5-10,12-13,17,27H,1-4,11H2,(H,29,30)(H,25,26,28). The minimum Gasteiger partial charge on any atom is -0.478 e. The average Bonchev–Trinajstić information content (AvgIpc) is 3.25. The van der Waals surface area contributed by atoms with E-state index >= 15 is 0 Å². The number of anilines is 2. The number of rotatable bonds is 8. The minimum atomic E-state index is -5.55. The Bertz CT molecular complexity index is 1100. The molecule has 0 saturated heterocycles. The summed E-state index contributed by atoms with van der Waals surface area (Å²) in [6, 6.07) is 7.84. The average molecular weight is 485 g/mol. The molecule has 1 saturated carbocycles. The number of amides is 1. The summed E-state index contributed by atoms with van der Waals surface area (Å²) in [5, 5.41) is 11.6. The first-order valence-corrected chi connectivity index (χ1v) is 11.6. The summed E-state index contributed by atoms with van der Waals surface area (Å²) in [5.41, 5.74) is -5.24. The van der Waals surface area contributed by atoms with E-state index in [0.29, 0.717) is 17.9 Å². The van der Waals surface area contributed by atoms with E-state index in [1.54, 1.807) is 0 Å². The molecule has 33 heavy (non-hydrogen) atoms. The summed E-state index contributed by atoms with van der Waals surface area (Å²) in [4.78, 5) is 27.9. The Hall–Kier alpha value is -3.15. The van der Waals surface area contributed by atoms with Gasteiger partial charge in [0.2, 0.25) is 5.91 Å². The number of hydrogen-bond donors (Lipinski definition) is 3. The zero-order chi connectivity index (χ0) is 24.2. The van der Waals surface area contributed by atoms with Gasteiger partial charge in [0.05, 0.1) is 11.5 Å². The Morgan fingerprint density at radius 1 is 1.09 bits per heavy atom. The molecule has 1 aliphatic carbocycles. The van der Waals surface area contributed by atoms with Gasteiger partial charge in [-0.1, -0.05) is 37.8 Å². The molecule has 0 aliphatic heterocycles. The lowest BCUT2D eigenvalue weighted by atomic mass is 9.87. The lowest BCUT2D eigenvalue weighted by Crippen LogP contribution is -2.29. The maximum Gasteiger partial charge on any atom is 0.516 e. The molecule has 178 valence electrons. The van der Waals surface area contributed by atoms with Crippen molar-refractivity contribution in [3.63, 3.8) is 0 Å². The maximum atomic E-state index is 13.0. The van der Waals surface area contributed by atoms with E-state index < -0.39 is 33.3 Å².